The monoisotopic (exact) mass is 417 g/mol. The van der Waals surface area contributed by atoms with Crippen molar-refractivity contribution in [2.45, 2.75) is 30.5 Å². The van der Waals surface area contributed by atoms with E-state index in [0.717, 1.165) is 21.8 Å². The molecular formula is C21H19N7OS. The molecule has 0 aliphatic heterocycles. The first-order chi connectivity index (χ1) is 14.3. The van der Waals surface area contributed by atoms with Gasteiger partial charge in [0.25, 0.3) is 5.89 Å². The summed E-state index contributed by atoms with van der Waals surface area (Å²) in [5.74, 6) is 1.17. The summed E-state index contributed by atoms with van der Waals surface area (Å²) in [6.45, 7) is 6.44. The zero-order valence-corrected chi connectivity index (χ0v) is 17.5. The number of thioether (sulfide) groups is 1. The van der Waals surface area contributed by atoms with Crippen molar-refractivity contribution in [2.24, 2.45) is 0 Å². The minimum atomic E-state index is 0.0942. The summed E-state index contributed by atoms with van der Waals surface area (Å²) >= 11 is 1.70. The maximum Gasteiger partial charge on any atom is 0.258 e. The molecule has 1 aromatic carbocycles. The van der Waals surface area contributed by atoms with Crippen LogP contribution in [0.25, 0.3) is 28.5 Å². The van der Waals surface area contributed by atoms with Gasteiger partial charge in [0.2, 0.25) is 5.82 Å². The molecule has 30 heavy (non-hydrogen) atoms. The highest BCUT2D eigenvalue weighted by molar-refractivity contribution is 8.00. The predicted molar refractivity (Wildman–Crippen MR) is 115 cm³/mol. The van der Waals surface area contributed by atoms with Gasteiger partial charge in [-0.15, -0.1) is 11.8 Å². The summed E-state index contributed by atoms with van der Waals surface area (Å²) in [5.41, 5.74) is 8.55. The SMILES string of the molecule is CC(C)(C)Sc1ccc(-c2noc(-c3ccc(-n4ncc(C#N)c4N)cc3)n2)cn1. The minimum absolute atomic E-state index is 0.0942. The van der Waals surface area contributed by atoms with Crippen LogP contribution in [-0.2, 0) is 0 Å². The van der Waals surface area contributed by atoms with E-state index in [0.29, 0.717) is 23.1 Å². The van der Waals surface area contributed by atoms with E-state index < -0.39 is 0 Å². The molecular weight excluding hydrogens is 398 g/mol. The van der Waals surface area contributed by atoms with Gasteiger partial charge < -0.3 is 10.3 Å². The highest BCUT2D eigenvalue weighted by Crippen LogP contribution is 2.31. The molecule has 3 aromatic heterocycles. The Morgan fingerprint density at radius 1 is 1.07 bits per heavy atom. The number of anilines is 1. The number of nitriles is 1. The molecule has 0 bridgehead atoms. The molecule has 0 radical (unpaired) electrons. The summed E-state index contributed by atoms with van der Waals surface area (Å²) in [4.78, 5) is 8.96. The average molecular weight is 417 g/mol. The van der Waals surface area contributed by atoms with Crippen molar-refractivity contribution in [3.05, 3.63) is 54.4 Å². The third-order valence-corrected chi connectivity index (χ3v) is 5.18. The quantitative estimate of drug-likeness (QED) is 0.487. The molecule has 8 nitrogen and oxygen atoms in total. The van der Waals surface area contributed by atoms with E-state index in [1.54, 1.807) is 18.0 Å². The smallest absolute Gasteiger partial charge is 0.258 e. The topological polar surface area (TPSA) is 119 Å². The van der Waals surface area contributed by atoms with Crippen LogP contribution in [0.4, 0.5) is 5.82 Å². The molecule has 0 aliphatic carbocycles. The van der Waals surface area contributed by atoms with Gasteiger partial charge in [-0.05, 0) is 36.4 Å². The number of nitrogens with zero attached hydrogens (tertiary/aromatic N) is 6. The number of hydrogen-bond donors (Lipinski definition) is 1. The van der Waals surface area contributed by atoms with Crippen molar-refractivity contribution in [3.8, 4) is 34.6 Å². The number of aromatic nitrogens is 5. The van der Waals surface area contributed by atoms with Crippen LogP contribution in [0.2, 0.25) is 0 Å². The first kappa shape index (κ1) is 19.7. The largest absolute Gasteiger partial charge is 0.382 e. The van der Waals surface area contributed by atoms with E-state index in [2.05, 4.69) is 41.0 Å². The van der Waals surface area contributed by atoms with Crippen molar-refractivity contribution in [2.75, 3.05) is 5.73 Å². The molecule has 0 saturated carbocycles. The highest BCUT2D eigenvalue weighted by Gasteiger charge is 2.15. The third-order valence-electron chi connectivity index (χ3n) is 4.12. The molecule has 9 heteroatoms. The van der Waals surface area contributed by atoms with Gasteiger partial charge in [-0.1, -0.05) is 25.9 Å². The van der Waals surface area contributed by atoms with Gasteiger partial charge in [0.15, 0.2) is 0 Å². The molecule has 2 N–H and O–H groups in total. The van der Waals surface area contributed by atoms with Gasteiger partial charge in [0.1, 0.15) is 17.5 Å². The molecule has 0 spiro atoms. The first-order valence-electron chi connectivity index (χ1n) is 9.17. The van der Waals surface area contributed by atoms with Gasteiger partial charge >= 0.3 is 0 Å². The van der Waals surface area contributed by atoms with E-state index in [-0.39, 0.29) is 4.75 Å². The molecule has 0 saturated heterocycles. The molecule has 0 aliphatic rings. The van der Waals surface area contributed by atoms with Crippen molar-refractivity contribution >= 4 is 17.6 Å². The molecule has 3 heterocycles. The molecule has 0 unspecified atom stereocenters. The Labute approximate surface area is 177 Å². The zero-order chi connectivity index (χ0) is 21.3. The van der Waals surface area contributed by atoms with Gasteiger partial charge in [0.05, 0.1) is 16.9 Å². The summed E-state index contributed by atoms with van der Waals surface area (Å²) in [7, 11) is 0. The lowest BCUT2D eigenvalue weighted by Crippen LogP contribution is -2.07. The second-order valence-electron chi connectivity index (χ2n) is 7.54. The van der Waals surface area contributed by atoms with E-state index in [1.807, 2.05) is 42.5 Å². The molecule has 0 atom stereocenters. The Balaban J connectivity index is 1.54. The van der Waals surface area contributed by atoms with E-state index >= 15 is 0 Å². The number of nitrogens with two attached hydrogens (primary N) is 1. The number of pyridine rings is 1. The number of rotatable bonds is 4. The normalized spacial score (nSPS) is 11.4. The van der Waals surface area contributed by atoms with Crippen LogP contribution in [0.1, 0.15) is 26.3 Å². The standard InChI is InChI=1S/C21H19N7OS/c1-21(2,3)30-17-9-6-14(11-24-17)19-26-20(29-27-19)13-4-7-16(8-5-13)28-18(23)15(10-22)12-25-28/h4-9,11-12H,23H2,1-3H3. The Kier molecular flexibility index (Phi) is 5.01. The molecule has 4 rings (SSSR count). The van der Waals surface area contributed by atoms with Crippen LogP contribution in [-0.4, -0.2) is 29.7 Å². The van der Waals surface area contributed by atoms with Crippen LogP contribution in [0.3, 0.4) is 0 Å². The Hall–Kier alpha value is -3.64. The van der Waals surface area contributed by atoms with Crippen molar-refractivity contribution in [1.82, 2.24) is 24.9 Å². The fourth-order valence-corrected chi connectivity index (χ4v) is 3.61. The fraction of sp³-hybridized carbons (Fsp3) is 0.190. The molecule has 0 fully saturated rings. The number of nitrogen functional groups attached to an aromatic ring is 1. The van der Waals surface area contributed by atoms with Crippen molar-refractivity contribution < 1.29 is 4.52 Å². The van der Waals surface area contributed by atoms with Gasteiger partial charge in [0, 0.05) is 22.1 Å². The fourth-order valence-electron chi connectivity index (χ4n) is 2.74. The number of benzene rings is 1. The van der Waals surface area contributed by atoms with Gasteiger partial charge in [-0.25, -0.2) is 9.67 Å². The van der Waals surface area contributed by atoms with Crippen molar-refractivity contribution in [1.29, 1.82) is 5.26 Å². The average Bonchev–Trinajstić information content (AvgIpc) is 3.34. The maximum atomic E-state index is 9.02. The lowest BCUT2D eigenvalue weighted by molar-refractivity contribution is 0.432. The lowest BCUT2D eigenvalue weighted by atomic mass is 10.2. The molecule has 4 aromatic rings. The third kappa shape index (κ3) is 4.04. The summed E-state index contributed by atoms with van der Waals surface area (Å²) in [6.07, 6.45) is 3.19. The number of hydrogen-bond acceptors (Lipinski definition) is 8. The van der Waals surface area contributed by atoms with Crippen LogP contribution in [0, 0.1) is 11.3 Å². The van der Waals surface area contributed by atoms with E-state index in [4.69, 9.17) is 15.5 Å². The van der Waals surface area contributed by atoms with Crippen molar-refractivity contribution in [3.63, 3.8) is 0 Å². The predicted octanol–water partition coefficient (Wildman–Crippen LogP) is 4.33. The van der Waals surface area contributed by atoms with Crippen LogP contribution in [0.5, 0.6) is 0 Å². The van der Waals surface area contributed by atoms with Gasteiger partial charge in [-0.3, -0.25) is 0 Å². The summed E-state index contributed by atoms with van der Waals surface area (Å²) < 4.78 is 7.02. The Bertz CT molecular complexity index is 1210. The van der Waals surface area contributed by atoms with Gasteiger partial charge in [-0.2, -0.15) is 15.3 Å². The molecule has 0 amide bonds. The zero-order valence-electron chi connectivity index (χ0n) is 16.7. The van der Waals surface area contributed by atoms with Crippen LogP contribution in [0.15, 0.2) is 58.3 Å². The second kappa shape index (κ2) is 7.65. The maximum absolute atomic E-state index is 9.02. The second-order valence-corrected chi connectivity index (χ2v) is 9.38. The first-order valence-corrected chi connectivity index (χ1v) is 9.99. The van der Waals surface area contributed by atoms with Crippen LogP contribution < -0.4 is 5.73 Å². The summed E-state index contributed by atoms with van der Waals surface area (Å²) in [5, 5.41) is 18.2. The Morgan fingerprint density at radius 2 is 1.80 bits per heavy atom. The Morgan fingerprint density at radius 3 is 2.40 bits per heavy atom. The highest BCUT2D eigenvalue weighted by atomic mass is 32.2. The summed E-state index contributed by atoms with van der Waals surface area (Å²) in [6, 6.07) is 13.2. The van der Waals surface area contributed by atoms with E-state index in [1.165, 1.54) is 10.9 Å². The molecule has 150 valence electrons. The van der Waals surface area contributed by atoms with Crippen LogP contribution >= 0.6 is 11.8 Å². The lowest BCUT2D eigenvalue weighted by Gasteiger charge is -2.16. The minimum Gasteiger partial charge on any atom is -0.382 e. The van der Waals surface area contributed by atoms with E-state index in [9.17, 15) is 0 Å².